The van der Waals surface area contributed by atoms with Crippen LogP contribution >= 0.6 is 27.5 Å². The summed E-state index contributed by atoms with van der Waals surface area (Å²) in [4.78, 5) is 12.2. The molecule has 0 bridgehead atoms. The second-order valence-corrected chi connectivity index (χ2v) is 8.28. The van der Waals surface area contributed by atoms with Crippen LogP contribution in [0.5, 0.6) is 0 Å². The van der Waals surface area contributed by atoms with Gasteiger partial charge in [0.25, 0.3) is 0 Å². The maximum absolute atomic E-state index is 12.2. The van der Waals surface area contributed by atoms with Crippen LogP contribution in [-0.2, 0) is 4.74 Å². The topological polar surface area (TPSA) is 58.6 Å². The van der Waals surface area contributed by atoms with Crippen LogP contribution in [-0.4, -0.2) is 24.4 Å². The summed E-state index contributed by atoms with van der Waals surface area (Å²) in [5.41, 5.74) is 5.29. The third-order valence-corrected chi connectivity index (χ3v) is 5.73. The van der Waals surface area contributed by atoms with Gasteiger partial charge in [-0.05, 0) is 46.0 Å². The number of hydrogen-bond donors (Lipinski definition) is 2. The van der Waals surface area contributed by atoms with Crippen molar-refractivity contribution in [2.75, 3.05) is 13.2 Å². The number of alkyl carbamates (subject to hydrolysis) is 1. The van der Waals surface area contributed by atoms with E-state index in [1.807, 2.05) is 24.3 Å². The number of fused-ring (bicyclic) bond motifs is 3. The number of aliphatic hydroxyl groups excluding tert-OH is 1. The van der Waals surface area contributed by atoms with Crippen molar-refractivity contribution in [3.8, 4) is 11.1 Å². The maximum Gasteiger partial charge on any atom is 0.407 e. The highest BCUT2D eigenvalue weighted by molar-refractivity contribution is 9.10. The number of carbonyl (C=O) groups is 1. The molecule has 148 valence electrons. The van der Waals surface area contributed by atoms with E-state index in [9.17, 15) is 9.90 Å². The Morgan fingerprint density at radius 2 is 1.69 bits per heavy atom. The summed E-state index contributed by atoms with van der Waals surface area (Å²) in [5, 5.41) is 13.4. The monoisotopic (exact) mass is 471 g/mol. The van der Waals surface area contributed by atoms with Crippen molar-refractivity contribution in [2.45, 2.75) is 12.0 Å². The van der Waals surface area contributed by atoms with Gasteiger partial charge in [-0.1, -0.05) is 76.1 Å². The van der Waals surface area contributed by atoms with Gasteiger partial charge in [-0.25, -0.2) is 4.79 Å². The summed E-state index contributed by atoms with van der Waals surface area (Å²) in [5.74, 6) is 0.00181. The van der Waals surface area contributed by atoms with Gasteiger partial charge in [0, 0.05) is 15.4 Å². The lowest BCUT2D eigenvalue weighted by atomic mass is 9.98. The lowest BCUT2D eigenvalue weighted by Crippen LogP contribution is -2.30. The second-order valence-electron chi connectivity index (χ2n) is 6.93. The van der Waals surface area contributed by atoms with E-state index in [1.165, 1.54) is 11.1 Å². The van der Waals surface area contributed by atoms with Crippen LogP contribution in [0.15, 0.2) is 71.2 Å². The van der Waals surface area contributed by atoms with Gasteiger partial charge >= 0.3 is 6.09 Å². The molecule has 0 aromatic heterocycles. The minimum absolute atomic E-state index is 0.00181. The van der Waals surface area contributed by atoms with Gasteiger partial charge in [-0.3, -0.25) is 0 Å². The normalized spacial score (nSPS) is 13.5. The molecule has 4 nitrogen and oxygen atoms in total. The van der Waals surface area contributed by atoms with Crippen molar-refractivity contribution in [1.82, 2.24) is 5.32 Å². The summed E-state index contributed by atoms with van der Waals surface area (Å²) in [7, 11) is 0. The van der Waals surface area contributed by atoms with Gasteiger partial charge in [0.05, 0.1) is 12.6 Å². The predicted molar refractivity (Wildman–Crippen MR) is 117 cm³/mol. The number of hydrogen-bond acceptors (Lipinski definition) is 3. The molecule has 0 saturated heterocycles. The molecule has 0 saturated carbocycles. The molecule has 0 heterocycles. The molecule has 3 aromatic carbocycles. The fourth-order valence-corrected chi connectivity index (χ4v) is 4.60. The fourth-order valence-electron chi connectivity index (χ4n) is 3.71. The van der Waals surface area contributed by atoms with Gasteiger partial charge < -0.3 is 15.2 Å². The van der Waals surface area contributed by atoms with Crippen molar-refractivity contribution < 1.29 is 14.6 Å². The zero-order valence-electron chi connectivity index (χ0n) is 15.4. The summed E-state index contributed by atoms with van der Waals surface area (Å²) >= 11 is 9.35. The molecule has 1 atom stereocenters. The lowest BCUT2D eigenvalue weighted by Gasteiger charge is -2.16. The highest BCUT2D eigenvalue weighted by Gasteiger charge is 2.29. The molecular weight excluding hydrogens is 454 g/mol. The first-order chi connectivity index (χ1) is 14.0. The molecule has 0 spiro atoms. The van der Waals surface area contributed by atoms with E-state index in [4.69, 9.17) is 16.3 Å². The molecule has 2 N–H and O–H groups in total. The molecule has 29 heavy (non-hydrogen) atoms. The van der Waals surface area contributed by atoms with Crippen molar-refractivity contribution in [3.05, 3.63) is 92.9 Å². The zero-order valence-corrected chi connectivity index (χ0v) is 17.8. The van der Waals surface area contributed by atoms with Crippen LogP contribution < -0.4 is 5.32 Å². The minimum atomic E-state index is -0.884. The number of amides is 1. The average Bonchev–Trinajstić information content (AvgIpc) is 3.03. The standard InChI is InChI=1S/C23H19BrClNO3/c24-15-9-14(10-16(25)11-15)22(27)12-26-23(28)29-13-21-19-7-3-1-5-17(19)18-6-2-4-8-20(18)21/h1-11,21-22,27H,12-13H2,(H,26,28)/t22-/m0/s1. The van der Waals surface area contributed by atoms with E-state index >= 15 is 0 Å². The van der Waals surface area contributed by atoms with Crippen molar-refractivity contribution >= 4 is 33.6 Å². The summed E-state index contributed by atoms with van der Waals surface area (Å²) in [6.45, 7) is 0.266. The molecule has 0 fully saturated rings. The van der Waals surface area contributed by atoms with Crippen molar-refractivity contribution in [1.29, 1.82) is 0 Å². The van der Waals surface area contributed by atoms with Gasteiger partial charge in [0.1, 0.15) is 6.61 Å². The Hall–Kier alpha value is -2.34. The Kier molecular flexibility index (Phi) is 5.90. The zero-order chi connectivity index (χ0) is 20.4. The fraction of sp³-hybridized carbons (Fsp3) is 0.174. The molecule has 4 rings (SSSR count). The molecule has 6 heteroatoms. The first-order valence-corrected chi connectivity index (χ1v) is 10.4. The highest BCUT2D eigenvalue weighted by atomic mass is 79.9. The number of rotatable bonds is 5. The average molecular weight is 473 g/mol. The predicted octanol–water partition coefficient (Wildman–Crippen LogP) is 5.67. The van der Waals surface area contributed by atoms with Gasteiger partial charge in [-0.15, -0.1) is 0 Å². The first kappa shape index (κ1) is 20.0. The molecule has 3 aromatic rings. The molecule has 1 amide bonds. The van der Waals surface area contributed by atoms with E-state index < -0.39 is 12.2 Å². The van der Waals surface area contributed by atoms with Crippen LogP contribution in [0, 0.1) is 0 Å². The summed E-state index contributed by atoms with van der Waals surface area (Å²) in [6.07, 6.45) is -1.45. The summed E-state index contributed by atoms with van der Waals surface area (Å²) < 4.78 is 6.24. The van der Waals surface area contributed by atoms with E-state index in [0.29, 0.717) is 10.6 Å². The second kappa shape index (κ2) is 8.57. The number of nitrogens with one attached hydrogen (secondary N) is 1. The lowest BCUT2D eigenvalue weighted by molar-refractivity contribution is 0.128. The van der Waals surface area contributed by atoms with Crippen LogP contribution in [0.25, 0.3) is 11.1 Å². The molecule has 0 unspecified atom stereocenters. The molecule has 1 aliphatic carbocycles. The third-order valence-electron chi connectivity index (χ3n) is 5.05. The maximum atomic E-state index is 12.2. The number of halogens is 2. The SMILES string of the molecule is O=C(NC[C@H](O)c1cc(Cl)cc(Br)c1)OCC1c2ccccc2-c2ccccc21. The van der Waals surface area contributed by atoms with E-state index in [2.05, 4.69) is 45.5 Å². The Balaban J connectivity index is 1.38. The van der Waals surface area contributed by atoms with Crippen LogP contribution in [0.2, 0.25) is 5.02 Å². The number of aliphatic hydroxyl groups is 1. The number of ether oxygens (including phenoxy) is 1. The Morgan fingerprint density at radius 1 is 1.07 bits per heavy atom. The molecule has 1 aliphatic rings. The largest absolute Gasteiger partial charge is 0.449 e. The highest BCUT2D eigenvalue weighted by Crippen LogP contribution is 2.44. The third kappa shape index (κ3) is 4.32. The first-order valence-electron chi connectivity index (χ1n) is 9.26. The van der Waals surface area contributed by atoms with E-state index in [-0.39, 0.29) is 19.1 Å². The quantitative estimate of drug-likeness (QED) is 0.503. The Labute approximate surface area is 182 Å². The summed E-state index contributed by atoms with van der Waals surface area (Å²) in [6, 6.07) is 21.5. The van der Waals surface area contributed by atoms with Crippen LogP contribution in [0.4, 0.5) is 4.79 Å². The van der Waals surface area contributed by atoms with Gasteiger partial charge in [0.2, 0.25) is 0 Å². The van der Waals surface area contributed by atoms with Crippen molar-refractivity contribution in [3.63, 3.8) is 0 Å². The Bertz CT molecular complexity index is 990. The number of carbonyl (C=O) groups excluding carboxylic acids is 1. The molecule has 0 radical (unpaired) electrons. The van der Waals surface area contributed by atoms with Crippen LogP contribution in [0.3, 0.4) is 0 Å². The van der Waals surface area contributed by atoms with Crippen LogP contribution in [0.1, 0.15) is 28.7 Å². The molecule has 0 aliphatic heterocycles. The van der Waals surface area contributed by atoms with Gasteiger partial charge in [0.15, 0.2) is 0 Å². The minimum Gasteiger partial charge on any atom is -0.449 e. The smallest absolute Gasteiger partial charge is 0.407 e. The molecular formula is C23H19BrClNO3. The van der Waals surface area contributed by atoms with Gasteiger partial charge in [-0.2, -0.15) is 0 Å². The Morgan fingerprint density at radius 3 is 2.31 bits per heavy atom. The van der Waals surface area contributed by atoms with Crippen molar-refractivity contribution in [2.24, 2.45) is 0 Å². The number of benzene rings is 3. The van der Waals surface area contributed by atoms with E-state index in [1.54, 1.807) is 18.2 Å². The van der Waals surface area contributed by atoms with E-state index in [0.717, 1.165) is 15.6 Å².